The molecule has 0 atom stereocenters. The molecule has 0 aliphatic carbocycles. The maximum atomic E-state index is 12.7. The molecule has 152 valence electrons. The van der Waals surface area contributed by atoms with E-state index < -0.39 is 0 Å². The smallest absolute Gasteiger partial charge is 0.173 e. The maximum absolute atomic E-state index is 12.7. The van der Waals surface area contributed by atoms with E-state index in [9.17, 15) is 4.79 Å². The summed E-state index contributed by atoms with van der Waals surface area (Å²) < 4.78 is 5.65. The number of thiophene rings is 1. The molecule has 2 aromatic heterocycles. The molecule has 4 aromatic rings. The number of thioether (sulfide) groups is 1. The molecule has 0 fully saturated rings. The Hall–Kier alpha value is -2.70. The highest BCUT2D eigenvalue weighted by Gasteiger charge is 2.15. The predicted molar refractivity (Wildman–Crippen MR) is 125 cm³/mol. The highest BCUT2D eigenvalue weighted by atomic mass is 32.2. The zero-order chi connectivity index (χ0) is 21.1. The van der Waals surface area contributed by atoms with Crippen LogP contribution >= 0.6 is 23.1 Å². The summed E-state index contributed by atoms with van der Waals surface area (Å²) in [6.07, 6.45) is 1.68. The number of ketones is 1. The van der Waals surface area contributed by atoms with E-state index in [2.05, 4.69) is 46.5 Å². The van der Waals surface area contributed by atoms with Crippen molar-refractivity contribution in [2.75, 3.05) is 5.75 Å². The third-order valence-electron chi connectivity index (χ3n) is 4.59. The number of aryl methyl sites for hydroxylation is 1. The SMILES string of the molecule is Cc1ccc(-c2csc3ncnc(SCC(=O)c4ccc(OC(C)C)cc4)c23)cc1. The second kappa shape index (κ2) is 8.98. The molecule has 4 rings (SSSR count). The van der Waals surface area contributed by atoms with E-state index in [1.54, 1.807) is 17.7 Å². The second-order valence-corrected chi connectivity index (χ2v) is 9.10. The van der Waals surface area contributed by atoms with Crippen LogP contribution in [0.4, 0.5) is 0 Å². The molecular weight excluding hydrogens is 412 g/mol. The summed E-state index contributed by atoms with van der Waals surface area (Å²) in [7, 11) is 0. The molecule has 0 radical (unpaired) electrons. The van der Waals surface area contributed by atoms with Gasteiger partial charge in [-0.05, 0) is 50.6 Å². The molecule has 0 amide bonds. The van der Waals surface area contributed by atoms with Crippen molar-refractivity contribution in [2.45, 2.75) is 31.9 Å². The number of nitrogens with zero attached hydrogens (tertiary/aromatic N) is 2. The van der Waals surface area contributed by atoms with E-state index >= 15 is 0 Å². The van der Waals surface area contributed by atoms with Gasteiger partial charge in [0.1, 0.15) is 21.9 Å². The molecule has 2 aromatic carbocycles. The van der Waals surface area contributed by atoms with Crippen molar-refractivity contribution in [3.05, 3.63) is 71.4 Å². The van der Waals surface area contributed by atoms with Gasteiger partial charge in [0.25, 0.3) is 0 Å². The van der Waals surface area contributed by atoms with Gasteiger partial charge >= 0.3 is 0 Å². The Kier molecular flexibility index (Phi) is 6.16. The average molecular weight is 435 g/mol. The van der Waals surface area contributed by atoms with Gasteiger partial charge in [0.15, 0.2) is 5.78 Å². The van der Waals surface area contributed by atoms with Gasteiger partial charge in [-0.15, -0.1) is 11.3 Å². The number of rotatable bonds is 7. The Morgan fingerprint density at radius 2 is 1.80 bits per heavy atom. The Morgan fingerprint density at radius 1 is 1.07 bits per heavy atom. The van der Waals surface area contributed by atoms with Crippen LogP contribution in [0.2, 0.25) is 0 Å². The van der Waals surface area contributed by atoms with Crippen LogP contribution in [0.3, 0.4) is 0 Å². The maximum Gasteiger partial charge on any atom is 0.173 e. The molecule has 4 nitrogen and oxygen atoms in total. The number of Topliss-reactive ketones (excluding diaryl/α,β-unsaturated/α-hetero) is 1. The summed E-state index contributed by atoms with van der Waals surface area (Å²) in [6, 6.07) is 15.8. The largest absolute Gasteiger partial charge is 0.491 e. The van der Waals surface area contributed by atoms with E-state index in [1.165, 1.54) is 17.3 Å². The Bertz CT molecular complexity index is 1170. The summed E-state index contributed by atoms with van der Waals surface area (Å²) >= 11 is 3.06. The number of aromatic nitrogens is 2. The van der Waals surface area contributed by atoms with Gasteiger partial charge in [0.05, 0.1) is 17.2 Å². The van der Waals surface area contributed by atoms with Gasteiger partial charge < -0.3 is 4.74 Å². The highest BCUT2D eigenvalue weighted by molar-refractivity contribution is 8.00. The first kappa shape index (κ1) is 20.6. The molecule has 6 heteroatoms. The van der Waals surface area contributed by atoms with Gasteiger partial charge in [0, 0.05) is 16.5 Å². The topological polar surface area (TPSA) is 52.1 Å². The second-order valence-electron chi connectivity index (χ2n) is 7.28. The summed E-state index contributed by atoms with van der Waals surface area (Å²) in [5.74, 6) is 1.15. The van der Waals surface area contributed by atoms with Crippen LogP contribution in [0.1, 0.15) is 29.8 Å². The van der Waals surface area contributed by atoms with Crippen LogP contribution in [0.15, 0.2) is 65.3 Å². The first-order chi connectivity index (χ1) is 14.5. The van der Waals surface area contributed by atoms with Crippen LogP contribution in [0.5, 0.6) is 5.75 Å². The number of carbonyl (C=O) groups is 1. The molecule has 0 unspecified atom stereocenters. The van der Waals surface area contributed by atoms with E-state index in [0.29, 0.717) is 11.3 Å². The molecule has 0 spiro atoms. The van der Waals surface area contributed by atoms with Crippen LogP contribution in [-0.4, -0.2) is 27.6 Å². The van der Waals surface area contributed by atoms with Crippen molar-refractivity contribution in [3.8, 4) is 16.9 Å². The van der Waals surface area contributed by atoms with Gasteiger partial charge in [-0.2, -0.15) is 0 Å². The monoisotopic (exact) mass is 434 g/mol. The zero-order valence-corrected chi connectivity index (χ0v) is 18.7. The number of carbonyl (C=O) groups excluding carboxylic acids is 1. The normalized spacial score (nSPS) is 11.2. The molecule has 0 saturated carbocycles. The van der Waals surface area contributed by atoms with Crippen molar-refractivity contribution in [3.63, 3.8) is 0 Å². The lowest BCUT2D eigenvalue weighted by atomic mass is 10.1. The molecule has 0 N–H and O–H groups in total. The Labute approximate surface area is 184 Å². The van der Waals surface area contributed by atoms with Gasteiger partial charge in [0.2, 0.25) is 0 Å². The zero-order valence-electron chi connectivity index (χ0n) is 17.1. The van der Waals surface area contributed by atoms with Gasteiger partial charge in [-0.25, -0.2) is 9.97 Å². The number of benzene rings is 2. The summed E-state index contributed by atoms with van der Waals surface area (Å²) in [6.45, 7) is 6.04. The minimum absolute atomic E-state index is 0.0648. The lowest BCUT2D eigenvalue weighted by Gasteiger charge is -2.10. The van der Waals surface area contributed by atoms with E-state index in [1.807, 2.05) is 38.1 Å². The molecule has 0 bridgehead atoms. The fourth-order valence-electron chi connectivity index (χ4n) is 3.11. The van der Waals surface area contributed by atoms with Crippen LogP contribution < -0.4 is 4.74 Å². The number of hydrogen-bond donors (Lipinski definition) is 0. The minimum atomic E-state index is 0.0648. The van der Waals surface area contributed by atoms with Crippen molar-refractivity contribution in [1.82, 2.24) is 9.97 Å². The highest BCUT2D eigenvalue weighted by Crippen LogP contribution is 2.38. The molecule has 30 heavy (non-hydrogen) atoms. The van der Waals surface area contributed by atoms with Crippen LogP contribution in [-0.2, 0) is 0 Å². The summed E-state index contributed by atoms with van der Waals surface area (Å²) in [4.78, 5) is 22.6. The minimum Gasteiger partial charge on any atom is -0.491 e. The number of fused-ring (bicyclic) bond motifs is 1. The van der Waals surface area contributed by atoms with E-state index in [-0.39, 0.29) is 11.9 Å². The average Bonchev–Trinajstić information content (AvgIpc) is 3.17. The Morgan fingerprint density at radius 3 is 2.50 bits per heavy atom. The standard InChI is InChI=1S/C24H22N2O2S2/c1-15(2)28-19-10-8-18(9-11-19)21(27)13-30-24-22-20(12-29-23(22)25-14-26-24)17-6-4-16(3)5-7-17/h4-12,14-15H,13H2,1-3H3. The van der Waals surface area contributed by atoms with E-state index in [0.717, 1.165) is 32.1 Å². The number of ether oxygens (including phenoxy) is 1. The van der Waals surface area contributed by atoms with Gasteiger partial charge in [-0.1, -0.05) is 41.6 Å². The van der Waals surface area contributed by atoms with Gasteiger partial charge in [-0.3, -0.25) is 4.79 Å². The fourth-order valence-corrected chi connectivity index (χ4v) is 5.00. The molecule has 0 saturated heterocycles. The lowest BCUT2D eigenvalue weighted by molar-refractivity contribution is 0.102. The third-order valence-corrected chi connectivity index (χ3v) is 6.46. The summed E-state index contributed by atoms with van der Waals surface area (Å²) in [5.41, 5.74) is 4.14. The molecular formula is C24H22N2O2S2. The van der Waals surface area contributed by atoms with Crippen molar-refractivity contribution >= 4 is 39.1 Å². The fraction of sp³-hybridized carbons (Fsp3) is 0.208. The summed E-state index contributed by atoms with van der Waals surface area (Å²) in [5, 5.41) is 3.97. The quantitative estimate of drug-likeness (QED) is 0.191. The predicted octanol–water partition coefficient (Wildman–Crippen LogP) is 6.43. The molecule has 0 aliphatic rings. The van der Waals surface area contributed by atoms with Crippen LogP contribution in [0, 0.1) is 6.92 Å². The molecule has 2 heterocycles. The number of hydrogen-bond acceptors (Lipinski definition) is 6. The first-order valence-electron chi connectivity index (χ1n) is 9.73. The van der Waals surface area contributed by atoms with Crippen molar-refractivity contribution < 1.29 is 9.53 Å². The van der Waals surface area contributed by atoms with E-state index in [4.69, 9.17) is 4.74 Å². The first-order valence-corrected chi connectivity index (χ1v) is 11.6. The molecule has 0 aliphatic heterocycles. The van der Waals surface area contributed by atoms with Crippen LogP contribution in [0.25, 0.3) is 21.3 Å². The lowest BCUT2D eigenvalue weighted by Crippen LogP contribution is -2.06. The van der Waals surface area contributed by atoms with Crippen molar-refractivity contribution in [2.24, 2.45) is 0 Å². The Balaban J connectivity index is 1.55. The van der Waals surface area contributed by atoms with Crippen molar-refractivity contribution in [1.29, 1.82) is 0 Å². The third kappa shape index (κ3) is 4.55.